The molecule has 0 spiro atoms. The van der Waals surface area contributed by atoms with Gasteiger partial charge in [-0.3, -0.25) is 9.13 Å². The predicted octanol–water partition coefficient (Wildman–Crippen LogP) is 1.03. The molecular weight excluding hydrogens is 389 g/mol. The van der Waals surface area contributed by atoms with Crippen LogP contribution in [0.15, 0.2) is 12.7 Å². The molecule has 0 amide bonds. The van der Waals surface area contributed by atoms with E-state index in [0.29, 0.717) is 17.8 Å². The molecule has 0 aliphatic carbocycles. The summed E-state index contributed by atoms with van der Waals surface area (Å²) in [4.78, 5) is 21.6. The van der Waals surface area contributed by atoms with E-state index in [9.17, 15) is 14.6 Å². The quantitative estimate of drug-likeness (QED) is 0.378. The van der Waals surface area contributed by atoms with Crippen LogP contribution in [-0.4, -0.2) is 61.0 Å². The molecule has 4 N–H and O–H groups in total. The van der Waals surface area contributed by atoms with Crippen molar-refractivity contribution in [2.24, 2.45) is 0 Å². The van der Waals surface area contributed by atoms with E-state index < -0.39 is 39.4 Å². The lowest BCUT2D eigenvalue weighted by atomic mass is 10.1. The molecule has 0 saturated carbocycles. The highest BCUT2D eigenvalue weighted by Gasteiger charge is 2.48. The van der Waals surface area contributed by atoms with Crippen molar-refractivity contribution in [1.29, 1.82) is 0 Å². The Bertz CT molecular complexity index is 805. The fourth-order valence-corrected chi connectivity index (χ4v) is 3.84. The average molecular weight is 415 g/mol. The molecule has 3 rings (SSSR count). The number of nitrogens with two attached hydrogens (primary N) is 1. The largest absolute Gasteiger partial charge is 0.394 e. The number of nitrogen functional groups attached to an aromatic ring is 1. The molecule has 1 saturated heterocycles. The van der Waals surface area contributed by atoms with Gasteiger partial charge in [0.1, 0.15) is 30.2 Å². The summed E-state index contributed by atoms with van der Waals surface area (Å²) in [6.45, 7) is 2.16. The molecular formula is C16H26N5O6P. The molecule has 28 heavy (non-hydrogen) atoms. The highest BCUT2D eigenvalue weighted by atomic mass is 31.1. The molecule has 2 aromatic rings. The maximum absolute atomic E-state index is 11.3. The molecule has 1 aliphatic rings. The topological polar surface area (TPSA) is 155 Å². The standard InChI is InChI=1S/C16H26N5O6P/c1-2-3-4-5-6-25-13-12(27-28(23)24)10(7-22)26-16(13)21-9-20-11-14(17)18-8-19-15(11)21/h8-10,12-13,16,22,28H,2-7H2,1H3,(H,23,24)(H2,17,18,19)/t10-,12?,13?,16-/m1/s1. The summed E-state index contributed by atoms with van der Waals surface area (Å²) in [5.74, 6) is 0.228. The van der Waals surface area contributed by atoms with Crippen LogP contribution in [0.2, 0.25) is 0 Å². The Balaban J connectivity index is 1.87. The SMILES string of the molecule is CCCCCCOC1C(O[PH](=O)O)[C@@H](CO)O[C@H]1n1cnc2c(N)ncnc21. The fraction of sp³-hybridized carbons (Fsp3) is 0.688. The molecule has 0 radical (unpaired) electrons. The molecule has 12 heteroatoms. The van der Waals surface area contributed by atoms with Crippen LogP contribution in [0.25, 0.3) is 11.2 Å². The number of aliphatic hydroxyl groups is 1. The van der Waals surface area contributed by atoms with Crippen LogP contribution < -0.4 is 5.73 Å². The number of rotatable bonds is 10. The second kappa shape index (κ2) is 9.73. The summed E-state index contributed by atoms with van der Waals surface area (Å²) < 4.78 is 30.0. The van der Waals surface area contributed by atoms with Crippen molar-refractivity contribution >= 4 is 25.2 Å². The van der Waals surface area contributed by atoms with Crippen molar-refractivity contribution in [1.82, 2.24) is 19.5 Å². The van der Waals surface area contributed by atoms with Gasteiger partial charge in [-0.05, 0) is 6.42 Å². The number of anilines is 1. The number of aromatic nitrogens is 4. The second-order valence-corrected chi connectivity index (χ2v) is 7.34. The first-order valence-electron chi connectivity index (χ1n) is 9.27. The number of imidazole rings is 1. The van der Waals surface area contributed by atoms with Crippen LogP contribution in [0.3, 0.4) is 0 Å². The lowest BCUT2D eigenvalue weighted by Gasteiger charge is -2.24. The minimum Gasteiger partial charge on any atom is -0.394 e. The summed E-state index contributed by atoms with van der Waals surface area (Å²) in [6.07, 6.45) is 3.63. The third kappa shape index (κ3) is 4.51. The van der Waals surface area contributed by atoms with Crippen molar-refractivity contribution in [3.05, 3.63) is 12.7 Å². The van der Waals surface area contributed by atoms with Crippen LogP contribution in [0, 0.1) is 0 Å². The molecule has 2 aromatic heterocycles. The zero-order valence-corrected chi connectivity index (χ0v) is 16.6. The number of ether oxygens (including phenoxy) is 2. The normalized spacial score (nSPS) is 26.1. The molecule has 0 bridgehead atoms. The van der Waals surface area contributed by atoms with Crippen molar-refractivity contribution in [3.8, 4) is 0 Å². The maximum Gasteiger partial charge on any atom is 0.317 e. The Morgan fingerprint density at radius 1 is 1.29 bits per heavy atom. The van der Waals surface area contributed by atoms with Gasteiger partial charge in [-0.2, -0.15) is 0 Å². The summed E-state index contributed by atoms with van der Waals surface area (Å²) in [6, 6.07) is 0. The molecule has 3 heterocycles. The Hall–Kier alpha value is -1.62. The van der Waals surface area contributed by atoms with Crippen molar-refractivity contribution < 1.29 is 28.6 Å². The molecule has 11 nitrogen and oxygen atoms in total. The van der Waals surface area contributed by atoms with Crippen LogP contribution in [0.5, 0.6) is 0 Å². The van der Waals surface area contributed by atoms with Crippen LogP contribution in [0.1, 0.15) is 38.8 Å². The molecule has 1 aliphatic heterocycles. The third-order valence-electron chi connectivity index (χ3n) is 4.67. The number of aliphatic hydroxyl groups excluding tert-OH is 1. The van der Waals surface area contributed by atoms with Gasteiger partial charge in [-0.15, -0.1) is 0 Å². The Labute approximate surface area is 162 Å². The van der Waals surface area contributed by atoms with E-state index in [4.69, 9.17) is 19.7 Å². The summed E-state index contributed by atoms with van der Waals surface area (Å²) in [7, 11) is -3.26. The van der Waals surface area contributed by atoms with E-state index in [1.807, 2.05) is 0 Å². The summed E-state index contributed by atoms with van der Waals surface area (Å²) in [5, 5.41) is 9.68. The van der Waals surface area contributed by atoms with Crippen molar-refractivity contribution in [2.75, 3.05) is 18.9 Å². The van der Waals surface area contributed by atoms with Crippen molar-refractivity contribution in [2.45, 2.75) is 57.1 Å². The summed E-state index contributed by atoms with van der Waals surface area (Å²) in [5.41, 5.74) is 6.69. The van der Waals surface area contributed by atoms with E-state index in [1.54, 1.807) is 4.57 Å². The first kappa shape index (κ1) is 21.1. The van der Waals surface area contributed by atoms with E-state index in [2.05, 4.69) is 21.9 Å². The number of hydrogen-bond acceptors (Lipinski definition) is 9. The smallest absolute Gasteiger partial charge is 0.317 e. The summed E-state index contributed by atoms with van der Waals surface area (Å²) >= 11 is 0. The van der Waals surface area contributed by atoms with Gasteiger partial charge in [0.15, 0.2) is 17.7 Å². The van der Waals surface area contributed by atoms with Gasteiger partial charge in [0.05, 0.1) is 12.9 Å². The van der Waals surface area contributed by atoms with E-state index in [1.165, 1.54) is 12.7 Å². The minimum atomic E-state index is -3.26. The van der Waals surface area contributed by atoms with Gasteiger partial charge in [0.2, 0.25) is 0 Å². The Morgan fingerprint density at radius 3 is 2.82 bits per heavy atom. The first-order chi connectivity index (χ1) is 13.6. The highest BCUT2D eigenvalue weighted by molar-refractivity contribution is 7.32. The minimum absolute atomic E-state index is 0.228. The Morgan fingerprint density at radius 2 is 2.11 bits per heavy atom. The monoisotopic (exact) mass is 415 g/mol. The van der Waals surface area contributed by atoms with Gasteiger partial charge in [-0.25, -0.2) is 15.0 Å². The van der Waals surface area contributed by atoms with Gasteiger partial charge in [0, 0.05) is 6.61 Å². The number of hydrogen-bond donors (Lipinski definition) is 3. The van der Waals surface area contributed by atoms with Crippen LogP contribution in [0.4, 0.5) is 5.82 Å². The second-order valence-electron chi connectivity index (χ2n) is 6.58. The predicted molar refractivity (Wildman–Crippen MR) is 101 cm³/mol. The number of unbranched alkanes of at least 4 members (excludes halogenated alkanes) is 3. The zero-order valence-electron chi connectivity index (χ0n) is 15.6. The molecule has 0 aromatic carbocycles. The van der Waals surface area contributed by atoms with Gasteiger partial charge in [-0.1, -0.05) is 26.2 Å². The van der Waals surface area contributed by atoms with Gasteiger partial charge >= 0.3 is 8.25 Å². The zero-order chi connectivity index (χ0) is 20.1. The van der Waals surface area contributed by atoms with Crippen molar-refractivity contribution in [3.63, 3.8) is 0 Å². The molecule has 5 atom stereocenters. The van der Waals surface area contributed by atoms with Crippen LogP contribution in [-0.2, 0) is 18.6 Å². The van der Waals surface area contributed by atoms with E-state index >= 15 is 0 Å². The average Bonchev–Trinajstić information content (AvgIpc) is 3.24. The molecule has 1 fully saturated rings. The fourth-order valence-electron chi connectivity index (χ4n) is 3.32. The van der Waals surface area contributed by atoms with Crippen LogP contribution >= 0.6 is 8.25 Å². The lowest BCUT2D eigenvalue weighted by Crippen LogP contribution is -2.37. The number of fused-ring (bicyclic) bond motifs is 1. The molecule has 156 valence electrons. The maximum atomic E-state index is 11.3. The lowest BCUT2D eigenvalue weighted by molar-refractivity contribution is -0.0705. The molecule has 3 unspecified atom stereocenters. The third-order valence-corrected chi connectivity index (χ3v) is 5.15. The van der Waals surface area contributed by atoms with Gasteiger partial charge in [0.25, 0.3) is 0 Å². The van der Waals surface area contributed by atoms with E-state index in [-0.39, 0.29) is 5.82 Å². The Kier molecular flexibility index (Phi) is 7.33. The van der Waals surface area contributed by atoms with Gasteiger partial charge < -0.3 is 29.7 Å². The number of nitrogens with zero attached hydrogens (tertiary/aromatic N) is 4. The highest BCUT2D eigenvalue weighted by Crippen LogP contribution is 2.38. The first-order valence-corrected chi connectivity index (χ1v) is 10.5. The van der Waals surface area contributed by atoms with E-state index in [0.717, 1.165) is 25.7 Å².